The fraction of sp³-hybridized carbons (Fsp3) is 0.100. The molecular formula is C10H7Cl2N3O2. The van der Waals surface area contributed by atoms with Crippen molar-refractivity contribution in [3.63, 3.8) is 0 Å². The van der Waals surface area contributed by atoms with Gasteiger partial charge in [-0.15, -0.1) is 5.10 Å². The Balaban J connectivity index is 2.62. The first-order valence-corrected chi connectivity index (χ1v) is 5.38. The summed E-state index contributed by atoms with van der Waals surface area (Å²) >= 11 is 11.9. The number of aromatic nitrogens is 3. The Labute approximate surface area is 107 Å². The second-order valence-electron chi connectivity index (χ2n) is 3.31. The van der Waals surface area contributed by atoms with Crippen molar-refractivity contribution >= 4 is 29.2 Å². The summed E-state index contributed by atoms with van der Waals surface area (Å²) < 4.78 is 1.34. The third-order valence-electron chi connectivity index (χ3n) is 2.26. The molecule has 1 aromatic carbocycles. The van der Waals surface area contributed by atoms with Crippen LogP contribution in [0, 0.1) is 6.92 Å². The second-order valence-corrected chi connectivity index (χ2v) is 4.10. The lowest BCUT2D eigenvalue weighted by atomic mass is 10.3. The molecule has 0 unspecified atom stereocenters. The first kappa shape index (κ1) is 11.9. The van der Waals surface area contributed by atoms with Gasteiger partial charge < -0.3 is 5.11 Å². The van der Waals surface area contributed by atoms with Crippen LogP contribution in [0.5, 0.6) is 0 Å². The normalized spacial score (nSPS) is 10.5. The highest BCUT2D eigenvalue weighted by Gasteiger charge is 2.18. The van der Waals surface area contributed by atoms with Gasteiger partial charge in [0.15, 0.2) is 5.69 Å². The minimum Gasteiger partial charge on any atom is -0.476 e. The van der Waals surface area contributed by atoms with Crippen LogP contribution in [0.15, 0.2) is 18.2 Å². The van der Waals surface area contributed by atoms with Crippen molar-refractivity contribution in [2.75, 3.05) is 0 Å². The summed E-state index contributed by atoms with van der Waals surface area (Å²) in [7, 11) is 0. The Kier molecular flexibility index (Phi) is 3.04. The third-order valence-corrected chi connectivity index (χ3v) is 3.07. The molecule has 2 aromatic rings. The summed E-state index contributed by atoms with van der Waals surface area (Å²) in [6, 6.07) is 5.02. The van der Waals surface area contributed by atoms with Crippen molar-refractivity contribution in [3.8, 4) is 5.69 Å². The predicted octanol–water partition coefficient (Wildman–Crippen LogP) is 2.58. The van der Waals surface area contributed by atoms with Gasteiger partial charge in [-0.2, -0.15) is 0 Å². The van der Waals surface area contributed by atoms with E-state index in [0.717, 1.165) is 0 Å². The minimum absolute atomic E-state index is 0.110. The highest BCUT2D eigenvalue weighted by molar-refractivity contribution is 6.43. The fourth-order valence-electron chi connectivity index (χ4n) is 1.41. The number of hydrogen-bond donors (Lipinski definition) is 1. The first-order chi connectivity index (χ1) is 8.02. The Morgan fingerprint density at radius 3 is 2.71 bits per heavy atom. The summed E-state index contributed by atoms with van der Waals surface area (Å²) in [6.07, 6.45) is 0. The number of carboxylic acids is 1. The van der Waals surface area contributed by atoms with E-state index in [-0.39, 0.29) is 5.69 Å². The Bertz CT molecular complexity index is 595. The molecule has 1 heterocycles. The Hall–Kier alpha value is -1.59. The van der Waals surface area contributed by atoms with Crippen LogP contribution in [-0.2, 0) is 0 Å². The number of halogens is 2. The topological polar surface area (TPSA) is 68.0 Å². The zero-order valence-electron chi connectivity index (χ0n) is 8.69. The number of aromatic carboxylic acids is 1. The molecule has 2 rings (SSSR count). The van der Waals surface area contributed by atoms with E-state index in [4.69, 9.17) is 28.3 Å². The van der Waals surface area contributed by atoms with Gasteiger partial charge in [0, 0.05) is 0 Å². The molecule has 0 spiro atoms. The van der Waals surface area contributed by atoms with Gasteiger partial charge in [-0.3, -0.25) is 0 Å². The van der Waals surface area contributed by atoms with Gasteiger partial charge in [0.1, 0.15) is 0 Å². The summed E-state index contributed by atoms with van der Waals surface area (Å²) in [5.74, 6) is -1.13. The van der Waals surface area contributed by atoms with E-state index >= 15 is 0 Å². The Morgan fingerprint density at radius 1 is 1.41 bits per heavy atom. The number of nitrogens with zero attached hydrogens (tertiary/aromatic N) is 3. The van der Waals surface area contributed by atoms with Crippen molar-refractivity contribution in [2.24, 2.45) is 0 Å². The van der Waals surface area contributed by atoms with Crippen LogP contribution >= 0.6 is 23.2 Å². The van der Waals surface area contributed by atoms with Gasteiger partial charge in [-0.25, -0.2) is 9.48 Å². The van der Waals surface area contributed by atoms with E-state index in [9.17, 15) is 4.79 Å². The highest BCUT2D eigenvalue weighted by Crippen LogP contribution is 2.28. The lowest BCUT2D eigenvalue weighted by Crippen LogP contribution is -2.03. The third kappa shape index (κ3) is 1.99. The molecule has 88 valence electrons. The highest BCUT2D eigenvalue weighted by atomic mass is 35.5. The molecule has 0 saturated heterocycles. The van der Waals surface area contributed by atoms with Crippen LogP contribution in [0.2, 0.25) is 10.0 Å². The van der Waals surface area contributed by atoms with Gasteiger partial charge in [0.05, 0.1) is 21.4 Å². The average molecular weight is 272 g/mol. The number of carboxylic acid groups (broad SMARTS) is 1. The van der Waals surface area contributed by atoms with Crippen LogP contribution in [0.4, 0.5) is 0 Å². The van der Waals surface area contributed by atoms with E-state index in [1.165, 1.54) is 4.68 Å². The number of rotatable bonds is 2. The molecule has 7 heteroatoms. The molecular weight excluding hydrogens is 265 g/mol. The van der Waals surface area contributed by atoms with Crippen molar-refractivity contribution in [3.05, 3.63) is 39.6 Å². The van der Waals surface area contributed by atoms with Crippen LogP contribution in [0.3, 0.4) is 0 Å². The van der Waals surface area contributed by atoms with Crippen molar-refractivity contribution in [1.82, 2.24) is 15.0 Å². The maximum Gasteiger partial charge on any atom is 0.358 e. The standard InChI is InChI=1S/C10H7Cl2N3O2/c1-5-9(10(16)17)13-14-15(5)7-4-2-3-6(11)8(7)12/h2-4H,1H3,(H,16,17). The summed E-state index contributed by atoms with van der Waals surface area (Å²) in [6.45, 7) is 1.60. The minimum atomic E-state index is -1.13. The Morgan fingerprint density at radius 2 is 2.12 bits per heavy atom. The molecule has 0 bridgehead atoms. The monoisotopic (exact) mass is 271 g/mol. The maximum atomic E-state index is 10.8. The number of benzene rings is 1. The van der Waals surface area contributed by atoms with Crippen molar-refractivity contribution in [2.45, 2.75) is 6.92 Å². The van der Waals surface area contributed by atoms with Crippen molar-refractivity contribution in [1.29, 1.82) is 0 Å². The van der Waals surface area contributed by atoms with E-state index in [1.807, 2.05) is 0 Å². The number of hydrogen-bond acceptors (Lipinski definition) is 3. The molecule has 5 nitrogen and oxygen atoms in total. The molecule has 17 heavy (non-hydrogen) atoms. The van der Waals surface area contributed by atoms with Crippen LogP contribution < -0.4 is 0 Å². The second kappa shape index (κ2) is 4.35. The lowest BCUT2D eigenvalue weighted by Gasteiger charge is -2.06. The predicted molar refractivity (Wildman–Crippen MR) is 63.1 cm³/mol. The molecule has 0 aliphatic carbocycles. The molecule has 1 N–H and O–H groups in total. The molecule has 0 aliphatic heterocycles. The molecule has 1 aromatic heterocycles. The van der Waals surface area contributed by atoms with E-state index in [2.05, 4.69) is 10.3 Å². The van der Waals surface area contributed by atoms with E-state index < -0.39 is 5.97 Å². The fourth-order valence-corrected chi connectivity index (χ4v) is 1.79. The molecule has 0 aliphatic rings. The summed E-state index contributed by atoms with van der Waals surface area (Å²) in [5.41, 5.74) is 0.777. The molecule has 0 atom stereocenters. The molecule has 0 amide bonds. The largest absolute Gasteiger partial charge is 0.476 e. The van der Waals surface area contributed by atoms with Gasteiger partial charge in [-0.1, -0.05) is 34.5 Å². The zero-order chi connectivity index (χ0) is 12.6. The van der Waals surface area contributed by atoms with E-state index in [1.54, 1.807) is 25.1 Å². The van der Waals surface area contributed by atoms with Gasteiger partial charge in [0.2, 0.25) is 0 Å². The molecule has 0 fully saturated rings. The average Bonchev–Trinajstić information content (AvgIpc) is 2.64. The molecule has 0 radical (unpaired) electrons. The zero-order valence-corrected chi connectivity index (χ0v) is 10.2. The van der Waals surface area contributed by atoms with Crippen LogP contribution in [-0.4, -0.2) is 26.1 Å². The van der Waals surface area contributed by atoms with Gasteiger partial charge in [-0.05, 0) is 19.1 Å². The smallest absolute Gasteiger partial charge is 0.358 e. The summed E-state index contributed by atoms with van der Waals surface area (Å²) in [4.78, 5) is 10.8. The van der Waals surface area contributed by atoms with Gasteiger partial charge in [0.25, 0.3) is 0 Å². The quantitative estimate of drug-likeness (QED) is 0.912. The van der Waals surface area contributed by atoms with Gasteiger partial charge >= 0.3 is 5.97 Å². The van der Waals surface area contributed by atoms with Crippen LogP contribution in [0.25, 0.3) is 5.69 Å². The maximum absolute atomic E-state index is 10.8. The van der Waals surface area contributed by atoms with Crippen LogP contribution in [0.1, 0.15) is 16.2 Å². The summed E-state index contributed by atoms with van der Waals surface area (Å²) in [5, 5.41) is 16.9. The van der Waals surface area contributed by atoms with E-state index in [0.29, 0.717) is 21.4 Å². The first-order valence-electron chi connectivity index (χ1n) is 4.62. The number of carbonyl (C=O) groups is 1. The molecule has 0 saturated carbocycles. The lowest BCUT2D eigenvalue weighted by molar-refractivity contribution is 0.0689. The van der Waals surface area contributed by atoms with Crippen molar-refractivity contribution < 1.29 is 9.90 Å². The SMILES string of the molecule is Cc1c(C(=O)O)nnn1-c1cccc(Cl)c1Cl.